The van der Waals surface area contributed by atoms with Crippen molar-refractivity contribution in [1.82, 2.24) is 9.78 Å². The van der Waals surface area contributed by atoms with Crippen LogP contribution in [0.25, 0.3) is 6.08 Å². The third-order valence-electron chi connectivity index (χ3n) is 4.76. The van der Waals surface area contributed by atoms with Crippen molar-refractivity contribution >= 4 is 35.2 Å². The largest absolute Gasteiger partial charge is 0.369 e. The van der Waals surface area contributed by atoms with Gasteiger partial charge in [0.15, 0.2) is 0 Å². The average molecular weight is 423 g/mol. The van der Waals surface area contributed by atoms with Gasteiger partial charge in [-0.1, -0.05) is 48.0 Å². The molecule has 1 aromatic heterocycles. The number of nitrogens with zero attached hydrogens (tertiary/aromatic N) is 2. The highest BCUT2D eigenvalue weighted by Gasteiger charge is 2.12. The maximum absolute atomic E-state index is 12.4. The van der Waals surface area contributed by atoms with Crippen LogP contribution < -0.4 is 11.1 Å². The molecule has 0 fully saturated rings. The number of hydrogen-bond acceptors (Lipinski definition) is 3. The van der Waals surface area contributed by atoms with Gasteiger partial charge in [-0.15, -0.1) is 0 Å². The highest BCUT2D eigenvalue weighted by molar-refractivity contribution is 6.31. The first kappa shape index (κ1) is 21.3. The number of amides is 2. The molecule has 2 amide bonds. The molecule has 0 bridgehead atoms. The maximum Gasteiger partial charge on any atom is 0.248 e. The van der Waals surface area contributed by atoms with E-state index < -0.39 is 5.91 Å². The number of nitrogens with one attached hydrogen (secondary N) is 1. The number of rotatable bonds is 7. The normalized spacial score (nSPS) is 11.0. The summed E-state index contributed by atoms with van der Waals surface area (Å²) in [6.45, 7) is 4.40. The van der Waals surface area contributed by atoms with E-state index >= 15 is 0 Å². The minimum Gasteiger partial charge on any atom is -0.369 e. The van der Waals surface area contributed by atoms with Crippen LogP contribution in [0.4, 0.5) is 5.69 Å². The molecule has 3 rings (SSSR count). The van der Waals surface area contributed by atoms with Crippen LogP contribution >= 0.6 is 11.6 Å². The van der Waals surface area contributed by atoms with Crippen molar-refractivity contribution in [3.05, 3.63) is 87.7 Å². The molecule has 0 spiro atoms. The summed E-state index contributed by atoms with van der Waals surface area (Å²) in [6.07, 6.45) is 3.26. The van der Waals surface area contributed by atoms with Crippen LogP contribution in [-0.2, 0) is 22.6 Å². The molecule has 3 N–H and O–H groups in total. The number of anilines is 1. The number of hydrogen-bond donors (Lipinski definition) is 2. The van der Waals surface area contributed by atoms with Crippen molar-refractivity contribution in [2.45, 2.75) is 26.8 Å². The molecule has 3 aromatic rings. The zero-order valence-corrected chi connectivity index (χ0v) is 17.6. The van der Waals surface area contributed by atoms with Crippen LogP contribution in [0.3, 0.4) is 0 Å². The monoisotopic (exact) mass is 422 g/mol. The molecule has 2 aromatic carbocycles. The number of aromatic nitrogens is 2. The lowest BCUT2D eigenvalue weighted by atomic mass is 10.1. The van der Waals surface area contributed by atoms with Gasteiger partial charge in [-0.25, -0.2) is 0 Å². The number of primary amides is 1. The quantitative estimate of drug-likeness (QED) is 0.566. The van der Waals surface area contributed by atoms with Crippen LogP contribution in [0.2, 0.25) is 5.02 Å². The van der Waals surface area contributed by atoms with Crippen LogP contribution in [-0.4, -0.2) is 21.6 Å². The molecule has 0 aliphatic heterocycles. The summed E-state index contributed by atoms with van der Waals surface area (Å²) in [7, 11) is 0. The highest BCUT2D eigenvalue weighted by atomic mass is 35.5. The predicted octanol–water partition coefficient (Wildman–Crippen LogP) is 3.88. The second kappa shape index (κ2) is 9.41. The zero-order chi connectivity index (χ0) is 21.7. The standard InChI is InChI=1S/C23H23ClN4O2/c1-15-19(16(2)28(27-15)14-18-8-3-5-9-20(18)24)11-12-23(30)26-21-10-6-4-7-17(21)13-22(25)29/h3-12H,13-14H2,1-2H3,(H2,25,29)(H,26,30). The first-order chi connectivity index (χ1) is 14.3. The van der Waals surface area contributed by atoms with Crippen LogP contribution in [0, 0.1) is 13.8 Å². The summed E-state index contributed by atoms with van der Waals surface area (Å²) >= 11 is 6.26. The van der Waals surface area contributed by atoms with Crippen molar-refractivity contribution in [1.29, 1.82) is 0 Å². The van der Waals surface area contributed by atoms with E-state index in [0.717, 1.165) is 22.5 Å². The Morgan fingerprint density at radius 1 is 1.10 bits per heavy atom. The van der Waals surface area contributed by atoms with Crippen molar-refractivity contribution in [3.8, 4) is 0 Å². The van der Waals surface area contributed by atoms with Gasteiger partial charge in [-0.3, -0.25) is 14.3 Å². The predicted molar refractivity (Wildman–Crippen MR) is 119 cm³/mol. The number of halogens is 1. The van der Waals surface area contributed by atoms with E-state index in [4.69, 9.17) is 17.3 Å². The highest BCUT2D eigenvalue weighted by Crippen LogP contribution is 2.21. The molecule has 7 heteroatoms. The molecule has 0 saturated heterocycles. The lowest BCUT2D eigenvalue weighted by molar-refractivity contribution is -0.117. The smallest absolute Gasteiger partial charge is 0.248 e. The number of benzene rings is 2. The Morgan fingerprint density at radius 2 is 1.77 bits per heavy atom. The number of carbonyl (C=O) groups is 2. The van der Waals surface area contributed by atoms with E-state index in [2.05, 4.69) is 10.4 Å². The number of nitrogens with two attached hydrogens (primary N) is 1. The summed E-state index contributed by atoms with van der Waals surface area (Å²) in [6, 6.07) is 14.7. The van der Waals surface area contributed by atoms with Gasteiger partial charge in [0, 0.05) is 28.0 Å². The number of para-hydroxylation sites is 1. The van der Waals surface area contributed by atoms with Gasteiger partial charge in [0.2, 0.25) is 11.8 Å². The Morgan fingerprint density at radius 3 is 2.47 bits per heavy atom. The lowest BCUT2D eigenvalue weighted by Gasteiger charge is -2.08. The van der Waals surface area contributed by atoms with Crippen molar-refractivity contribution < 1.29 is 9.59 Å². The maximum atomic E-state index is 12.4. The van der Waals surface area contributed by atoms with Crippen LogP contribution in [0.5, 0.6) is 0 Å². The number of carbonyl (C=O) groups excluding carboxylic acids is 2. The van der Waals surface area contributed by atoms with Crippen LogP contribution in [0.15, 0.2) is 54.6 Å². The zero-order valence-electron chi connectivity index (χ0n) is 16.9. The molecule has 0 aliphatic carbocycles. The topological polar surface area (TPSA) is 90.0 Å². The summed E-state index contributed by atoms with van der Waals surface area (Å²) in [5, 5.41) is 8.07. The SMILES string of the molecule is Cc1nn(Cc2ccccc2Cl)c(C)c1C=CC(=O)Nc1ccccc1CC(N)=O. The summed E-state index contributed by atoms with van der Waals surface area (Å²) < 4.78 is 1.87. The molecule has 0 atom stereocenters. The first-order valence-corrected chi connectivity index (χ1v) is 9.85. The molecule has 154 valence electrons. The van der Waals surface area contributed by atoms with E-state index in [0.29, 0.717) is 22.8 Å². The molecular formula is C23H23ClN4O2. The van der Waals surface area contributed by atoms with Crippen molar-refractivity contribution in [2.24, 2.45) is 5.73 Å². The number of aryl methyl sites for hydroxylation is 1. The van der Waals surface area contributed by atoms with E-state index in [1.807, 2.05) is 42.8 Å². The molecule has 1 heterocycles. The lowest BCUT2D eigenvalue weighted by Crippen LogP contribution is -2.16. The minimum atomic E-state index is -0.454. The third kappa shape index (κ3) is 5.15. The van der Waals surface area contributed by atoms with Gasteiger partial charge in [0.25, 0.3) is 0 Å². The molecular weight excluding hydrogens is 400 g/mol. The van der Waals surface area contributed by atoms with E-state index in [1.54, 1.807) is 30.3 Å². The Bertz CT molecular complexity index is 1120. The molecule has 30 heavy (non-hydrogen) atoms. The Labute approximate surface area is 180 Å². The fraction of sp³-hybridized carbons (Fsp3) is 0.174. The summed E-state index contributed by atoms with van der Waals surface area (Å²) in [5.74, 6) is -0.756. The van der Waals surface area contributed by atoms with E-state index in [9.17, 15) is 9.59 Å². The fourth-order valence-electron chi connectivity index (χ4n) is 3.21. The van der Waals surface area contributed by atoms with Gasteiger partial charge in [-0.05, 0) is 43.2 Å². The molecule has 0 unspecified atom stereocenters. The summed E-state index contributed by atoms with van der Waals surface area (Å²) in [4.78, 5) is 23.7. The Balaban J connectivity index is 1.75. The van der Waals surface area contributed by atoms with Gasteiger partial charge in [0.05, 0.1) is 18.7 Å². The first-order valence-electron chi connectivity index (χ1n) is 9.48. The molecule has 0 saturated carbocycles. The second-order valence-corrected chi connectivity index (χ2v) is 7.36. The van der Waals surface area contributed by atoms with E-state index in [-0.39, 0.29) is 12.3 Å². The summed E-state index contributed by atoms with van der Waals surface area (Å²) in [5.41, 5.74) is 10.1. The van der Waals surface area contributed by atoms with Crippen molar-refractivity contribution in [2.75, 3.05) is 5.32 Å². The molecule has 0 aliphatic rings. The van der Waals surface area contributed by atoms with Gasteiger partial charge >= 0.3 is 0 Å². The fourth-order valence-corrected chi connectivity index (χ4v) is 3.41. The minimum absolute atomic E-state index is 0.0627. The average Bonchev–Trinajstić information content (AvgIpc) is 2.96. The van der Waals surface area contributed by atoms with Crippen LogP contribution in [0.1, 0.15) is 28.1 Å². The van der Waals surface area contributed by atoms with Crippen molar-refractivity contribution in [3.63, 3.8) is 0 Å². The van der Waals surface area contributed by atoms with Gasteiger partial charge < -0.3 is 11.1 Å². The Kier molecular flexibility index (Phi) is 6.69. The molecule has 6 nitrogen and oxygen atoms in total. The van der Waals surface area contributed by atoms with Gasteiger partial charge in [-0.2, -0.15) is 5.10 Å². The second-order valence-electron chi connectivity index (χ2n) is 6.96. The van der Waals surface area contributed by atoms with Gasteiger partial charge in [0.1, 0.15) is 0 Å². The molecule has 0 radical (unpaired) electrons. The third-order valence-corrected chi connectivity index (χ3v) is 5.13. The van der Waals surface area contributed by atoms with E-state index in [1.165, 1.54) is 6.08 Å². The Hall–Kier alpha value is -3.38.